The van der Waals surface area contributed by atoms with Crippen LogP contribution in [0.2, 0.25) is 10.0 Å². The number of oxime groups is 1. The van der Waals surface area contributed by atoms with Crippen LogP contribution in [0.25, 0.3) is 0 Å². The molecule has 3 aromatic carbocycles. The van der Waals surface area contributed by atoms with Crippen LogP contribution in [0.3, 0.4) is 0 Å². The van der Waals surface area contributed by atoms with E-state index in [4.69, 9.17) is 32.8 Å². The molecule has 1 aliphatic heterocycles. The number of fused-ring (bicyclic) bond motifs is 1. The van der Waals surface area contributed by atoms with Gasteiger partial charge in [0.25, 0.3) is 0 Å². The Morgan fingerprint density at radius 3 is 2.28 bits per heavy atom. The first-order valence-electron chi connectivity index (χ1n) is 14.7. The highest BCUT2D eigenvalue weighted by molar-refractivity contribution is 6.42. The summed E-state index contributed by atoms with van der Waals surface area (Å²) in [4.78, 5) is 5.07. The standard InChI is InChI=1S/C33H35Cl2F6N3O2/c1-3-31(20-43-29-7-5-4-6-26(29)31)11-13-42-12-10-25(22-8-9-27(34)28(35)16-22)30(44-45-2)19-46-18-21-14-23(32(36,37)38)17-24(15-21)33(39,40)41/h4-9,14-17,25,42-43H,3,10-13,18-20H2,1-2H3/b44-30+. The summed E-state index contributed by atoms with van der Waals surface area (Å²) in [5.74, 6) is -0.413. The largest absolute Gasteiger partial charge is 0.416 e. The number of anilines is 1. The van der Waals surface area contributed by atoms with Crippen LogP contribution in [0.15, 0.2) is 65.8 Å². The SMILES string of the molecule is CCC1(CCNCCC(/C(COCc2cc(C(F)(F)F)cc(C(F)(F)F)c2)=N/OC)c2ccc(Cl)c(Cl)c2)CNc2ccccc21. The van der Waals surface area contributed by atoms with Crippen LogP contribution >= 0.6 is 23.2 Å². The van der Waals surface area contributed by atoms with E-state index < -0.39 is 36.0 Å². The van der Waals surface area contributed by atoms with Crippen LogP contribution in [-0.4, -0.2) is 39.1 Å². The summed E-state index contributed by atoms with van der Waals surface area (Å²) in [5, 5.41) is 11.8. The zero-order valence-electron chi connectivity index (χ0n) is 25.3. The van der Waals surface area contributed by atoms with Crippen molar-refractivity contribution in [3.63, 3.8) is 0 Å². The minimum atomic E-state index is -4.96. The Labute approximate surface area is 274 Å². The quantitative estimate of drug-likeness (QED) is 0.0766. The molecule has 5 nitrogen and oxygen atoms in total. The third kappa shape index (κ3) is 8.87. The second kappa shape index (κ2) is 15.3. The highest BCUT2D eigenvalue weighted by atomic mass is 35.5. The van der Waals surface area contributed by atoms with Gasteiger partial charge in [-0.15, -0.1) is 0 Å². The zero-order chi connectivity index (χ0) is 33.5. The van der Waals surface area contributed by atoms with Gasteiger partial charge >= 0.3 is 12.4 Å². The summed E-state index contributed by atoms with van der Waals surface area (Å²) < 4.78 is 85.7. The minimum absolute atomic E-state index is 0.0125. The van der Waals surface area contributed by atoms with Crippen molar-refractivity contribution in [2.24, 2.45) is 5.16 Å². The predicted molar refractivity (Wildman–Crippen MR) is 169 cm³/mol. The van der Waals surface area contributed by atoms with Crippen LogP contribution < -0.4 is 10.6 Å². The lowest BCUT2D eigenvalue weighted by Crippen LogP contribution is -2.33. The minimum Gasteiger partial charge on any atom is -0.399 e. The fourth-order valence-electron chi connectivity index (χ4n) is 5.81. The molecule has 0 fully saturated rings. The molecule has 0 radical (unpaired) electrons. The summed E-state index contributed by atoms with van der Waals surface area (Å²) in [5.41, 5.74) is 0.504. The second-order valence-corrected chi connectivity index (χ2v) is 12.0. The Balaban J connectivity index is 1.46. The highest BCUT2D eigenvalue weighted by Gasteiger charge is 2.38. The topological polar surface area (TPSA) is 54.9 Å². The molecule has 4 rings (SSSR count). The third-order valence-corrected chi connectivity index (χ3v) is 9.04. The van der Waals surface area contributed by atoms with Gasteiger partial charge in [-0.3, -0.25) is 0 Å². The molecule has 2 atom stereocenters. The van der Waals surface area contributed by atoms with Gasteiger partial charge in [0, 0.05) is 23.6 Å². The number of benzene rings is 3. The van der Waals surface area contributed by atoms with Crippen LogP contribution in [0.4, 0.5) is 32.0 Å². The number of rotatable bonds is 14. The van der Waals surface area contributed by atoms with Crippen molar-refractivity contribution in [1.29, 1.82) is 0 Å². The molecule has 0 bridgehead atoms. The molecule has 0 saturated heterocycles. The van der Waals surface area contributed by atoms with Gasteiger partial charge in [0.05, 0.1) is 40.1 Å². The normalized spacial score (nSPS) is 17.5. The van der Waals surface area contributed by atoms with Crippen molar-refractivity contribution < 1.29 is 35.9 Å². The molecule has 0 spiro atoms. The lowest BCUT2D eigenvalue weighted by molar-refractivity contribution is -0.143. The second-order valence-electron chi connectivity index (χ2n) is 11.2. The maximum atomic E-state index is 13.3. The molecule has 1 heterocycles. The van der Waals surface area contributed by atoms with Gasteiger partial charge in [0.1, 0.15) is 7.11 Å². The summed E-state index contributed by atoms with van der Waals surface area (Å²) in [6.07, 6.45) is -7.52. The van der Waals surface area contributed by atoms with Crippen LogP contribution in [0.5, 0.6) is 0 Å². The van der Waals surface area contributed by atoms with Crippen molar-refractivity contribution in [3.8, 4) is 0 Å². The first-order chi connectivity index (χ1) is 21.8. The molecule has 0 aliphatic carbocycles. The van der Waals surface area contributed by atoms with Crippen molar-refractivity contribution in [2.45, 2.75) is 56.5 Å². The molecular weight excluding hydrogens is 655 g/mol. The fourth-order valence-corrected chi connectivity index (χ4v) is 6.12. The van der Waals surface area contributed by atoms with Gasteiger partial charge < -0.3 is 20.2 Å². The third-order valence-electron chi connectivity index (χ3n) is 8.31. The smallest absolute Gasteiger partial charge is 0.399 e. The van der Waals surface area contributed by atoms with E-state index in [1.807, 2.05) is 12.1 Å². The number of alkyl halides is 6. The van der Waals surface area contributed by atoms with Gasteiger partial charge in [-0.25, -0.2) is 0 Å². The number of ether oxygens (including phenoxy) is 1. The molecule has 1 aliphatic rings. The molecule has 250 valence electrons. The molecule has 2 unspecified atom stereocenters. The molecule has 3 aromatic rings. The molecule has 13 heteroatoms. The van der Waals surface area contributed by atoms with Crippen molar-refractivity contribution >= 4 is 34.6 Å². The summed E-state index contributed by atoms with van der Waals surface area (Å²) in [6, 6.07) is 14.8. The first-order valence-corrected chi connectivity index (χ1v) is 15.5. The predicted octanol–water partition coefficient (Wildman–Crippen LogP) is 9.48. The Hall–Kier alpha value is -2.99. The number of nitrogens with zero attached hydrogens (tertiary/aromatic N) is 1. The Morgan fingerprint density at radius 2 is 1.65 bits per heavy atom. The van der Waals surface area contributed by atoms with Gasteiger partial charge in [-0.05, 0) is 85.4 Å². The van der Waals surface area contributed by atoms with Crippen molar-refractivity contribution in [2.75, 3.05) is 38.7 Å². The van der Waals surface area contributed by atoms with Crippen molar-refractivity contribution in [3.05, 3.63) is 98.5 Å². The summed E-state index contributed by atoms with van der Waals surface area (Å²) in [7, 11) is 1.34. The maximum absolute atomic E-state index is 13.3. The van der Waals surface area contributed by atoms with E-state index in [1.165, 1.54) is 12.7 Å². The summed E-state index contributed by atoms with van der Waals surface area (Å²) >= 11 is 12.5. The number of hydrogen-bond acceptors (Lipinski definition) is 5. The number of nitrogens with one attached hydrogen (secondary N) is 2. The highest BCUT2D eigenvalue weighted by Crippen LogP contribution is 2.41. The lowest BCUT2D eigenvalue weighted by Gasteiger charge is -2.28. The molecule has 0 saturated carbocycles. The van der Waals surface area contributed by atoms with Gasteiger partial charge in [-0.2, -0.15) is 26.3 Å². The van der Waals surface area contributed by atoms with E-state index in [9.17, 15) is 26.3 Å². The molecule has 46 heavy (non-hydrogen) atoms. The van der Waals surface area contributed by atoms with E-state index in [-0.39, 0.29) is 23.7 Å². The van der Waals surface area contributed by atoms with E-state index >= 15 is 0 Å². The number of halogens is 8. The Kier molecular flexibility index (Phi) is 11.9. The molecule has 2 N–H and O–H groups in total. The van der Waals surface area contributed by atoms with Crippen molar-refractivity contribution in [1.82, 2.24) is 5.32 Å². The molecule has 0 amide bonds. The molecule has 0 aromatic heterocycles. The summed E-state index contributed by atoms with van der Waals surface area (Å²) in [6.45, 7) is 3.59. The van der Waals surface area contributed by atoms with E-state index in [2.05, 4.69) is 34.8 Å². The van der Waals surface area contributed by atoms with Crippen LogP contribution in [-0.2, 0) is 33.9 Å². The first kappa shape index (κ1) is 35.9. The van der Waals surface area contributed by atoms with Gasteiger partial charge in [0.15, 0.2) is 0 Å². The van der Waals surface area contributed by atoms with E-state index in [0.717, 1.165) is 37.2 Å². The van der Waals surface area contributed by atoms with E-state index in [0.29, 0.717) is 40.9 Å². The maximum Gasteiger partial charge on any atom is 0.416 e. The van der Waals surface area contributed by atoms with E-state index in [1.54, 1.807) is 18.2 Å². The monoisotopic (exact) mass is 689 g/mol. The molecular formula is C33H35Cl2F6N3O2. The van der Waals surface area contributed by atoms with Gasteiger partial charge in [-0.1, -0.05) is 59.5 Å². The van der Waals surface area contributed by atoms with Crippen LogP contribution in [0.1, 0.15) is 59.9 Å². The lowest BCUT2D eigenvalue weighted by atomic mass is 9.77. The van der Waals surface area contributed by atoms with Gasteiger partial charge in [0.2, 0.25) is 0 Å². The Morgan fingerprint density at radius 1 is 0.957 bits per heavy atom. The Bertz CT molecular complexity index is 1480. The zero-order valence-corrected chi connectivity index (χ0v) is 26.8. The van der Waals surface area contributed by atoms with Crippen LogP contribution in [0, 0.1) is 0 Å². The average Bonchev–Trinajstić information content (AvgIpc) is 3.38. The average molecular weight is 691 g/mol. The fraction of sp³-hybridized carbons (Fsp3) is 0.424. The number of hydrogen-bond donors (Lipinski definition) is 2. The number of para-hydroxylation sites is 1.